The second kappa shape index (κ2) is 12.2. The minimum Gasteiger partial charge on any atom is -0.449 e. The van der Waals surface area contributed by atoms with E-state index < -0.39 is 87.3 Å². The molecule has 0 bridgehead atoms. The number of aliphatic hydroxyl groups is 4. The fourth-order valence-corrected chi connectivity index (χ4v) is 10.7. The fraction of sp³-hybridized carbons (Fsp3) is 0.789. The van der Waals surface area contributed by atoms with E-state index in [1.165, 1.54) is 33.8 Å². The molecule has 5 rings (SSSR count). The van der Waals surface area contributed by atoms with Crippen molar-refractivity contribution < 1.29 is 53.8 Å². The Morgan fingerprint density at radius 1 is 1.04 bits per heavy atom. The number of carbonyl (C=O) groups is 4. The van der Waals surface area contributed by atoms with Gasteiger partial charge in [-0.05, 0) is 75.7 Å². The van der Waals surface area contributed by atoms with Crippen molar-refractivity contribution in [3.63, 3.8) is 0 Å². The maximum atomic E-state index is 14.8. The second-order valence-corrected chi connectivity index (χ2v) is 17.6. The zero-order valence-corrected chi connectivity index (χ0v) is 30.6. The smallest absolute Gasteiger partial charge is 0.303 e. The van der Waals surface area contributed by atoms with Crippen LogP contribution in [0.15, 0.2) is 23.8 Å². The van der Waals surface area contributed by atoms with Gasteiger partial charge >= 0.3 is 5.97 Å². The second-order valence-electron chi connectivity index (χ2n) is 17.6. The molecule has 0 amide bonds. The normalized spacial score (nSPS) is 44.8. The third-order valence-electron chi connectivity index (χ3n) is 13.4. The highest BCUT2D eigenvalue weighted by Gasteiger charge is 2.75. The summed E-state index contributed by atoms with van der Waals surface area (Å²) in [7, 11) is 0. The lowest BCUT2D eigenvalue weighted by atomic mass is 9.38. The van der Waals surface area contributed by atoms with Crippen LogP contribution in [0, 0.1) is 39.4 Å². The van der Waals surface area contributed by atoms with Crippen molar-refractivity contribution >= 4 is 23.3 Å². The number of ether oxygens (including phenoxy) is 3. The van der Waals surface area contributed by atoms with E-state index in [0.717, 1.165) is 11.6 Å². The molecule has 1 heterocycles. The van der Waals surface area contributed by atoms with Crippen molar-refractivity contribution in [2.75, 3.05) is 0 Å². The molecule has 3 saturated carbocycles. The minimum atomic E-state index is -2.10. The molecule has 11 nitrogen and oxygen atoms in total. The van der Waals surface area contributed by atoms with E-state index in [1.807, 2.05) is 27.7 Å². The van der Waals surface area contributed by atoms with E-state index in [4.69, 9.17) is 14.2 Å². The van der Waals surface area contributed by atoms with Crippen molar-refractivity contribution in [3.8, 4) is 0 Å². The third kappa shape index (κ3) is 5.90. The van der Waals surface area contributed by atoms with Crippen LogP contribution in [-0.4, -0.2) is 91.8 Å². The SMILES string of the molecule is CC(=O)O[C@H]1C(=O)C[C@H](C)O[C@H]1O[C@@H]1C[C@@]2(C)[C@@H]3CC=C4[C@@H](C[C@H](O)[C@@H](O)C4(C)C)[C@]3(C)C(=O)C[C@]2(C)[C@H]1[C@@](C)(O)C(=O)C=CC(C)(C)O. The Morgan fingerprint density at radius 2 is 1.67 bits per heavy atom. The van der Waals surface area contributed by atoms with Gasteiger partial charge in [-0.15, -0.1) is 0 Å². The Kier molecular flexibility index (Phi) is 9.42. The van der Waals surface area contributed by atoms with Gasteiger partial charge < -0.3 is 34.6 Å². The quantitative estimate of drug-likeness (QED) is 0.175. The van der Waals surface area contributed by atoms with Crippen LogP contribution in [0.5, 0.6) is 0 Å². The van der Waals surface area contributed by atoms with Crippen LogP contribution in [0.2, 0.25) is 0 Å². The van der Waals surface area contributed by atoms with Gasteiger partial charge in [-0.2, -0.15) is 0 Å². The molecule has 49 heavy (non-hydrogen) atoms. The number of rotatable bonds is 7. The molecule has 4 aliphatic carbocycles. The molecule has 4 fully saturated rings. The maximum absolute atomic E-state index is 14.8. The van der Waals surface area contributed by atoms with Crippen LogP contribution in [0.3, 0.4) is 0 Å². The first kappa shape index (κ1) is 38.0. The number of esters is 1. The molecule has 1 aliphatic heterocycles. The summed E-state index contributed by atoms with van der Waals surface area (Å²) in [5.74, 6) is -3.42. The Labute approximate surface area is 289 Å². The van der Waals surface area contributed by atoms with Gasteiger partial charge in [-0.25, -0.2) is 0 Å². The first-order valence-corrected chi connectivity index (χ1v) is 17.6. The van der Waals surface area contributed by atoms with Crippen molar-refractivity contribution in [2.45, 2.75) is 149 Å². The van der Waals surface area contributed by atoms with Gasteiger partial charge in [0.25, 0.3) is 0 Å². The molecule has 0 spiro atoms. The van der Waals surface area contributed by atoms with E-state index in [0.29, 0.717) is 6.42 Å². The largest absolute Gasteiger partial charge is 0.449 e. The number of hydrogen-bond donors (Lipinski definition) is 4. The molecule has 5 aliphatic rings. The summed E-state index contributed by atoms with van der Waals surface area (Å²) in [5.41, 5.74) is -5.91. The first-order chi connectivity index (χ1) is 22.3. The summed E-state index contributed by atoms with van der Waals surface area (Å²) < 4.78 is 18.1. The van der Waals surface area contributed by atoms with E-state index >= 15 is 0 Å². The third-order valence-corrected chi connectivity index (χ3v) is 13.4. The lowest BCUT2D eigenvalue weighted by Gasteiger charge is -2.65. The van der Waals surface area contributed by atoms with E-state index in [1.54, 1.807) is 6.92 Å². The maximum Gasteiger partial charge on any atom is 0.303 e. The number of ketones is 3. The molecule has 0 aromatic carbocycles. The number of aliphatic hydroxyl groups excluding tert-OH is 2. The number of fused-ring (bicyclic) bond motifs is 5. The van der Waals surface area contributed by atoms with Crippen LogP contribution >= 0.6 is 0 Å². The van der Waals surface area contributed by atoms with Crippen molar-refractivity contribution in [2.24, 2.45) is 39.4 Å². The lowest BCUT2D eigenvalue weighted by Crippen LogP contribution is -2.65. The van der Waals surface area contributed by atoms with Crippen molar-refractivity contribution in [3.05, 3.63) is 23.8 Å². The molecule has 274 valence electrons. The molecule has 4 N–H and O–H groups in total. The summed E-state index contributed by atoms with van der Waals surface area (Å²) in [5, 5.41) is 44.7. The number of carbonyl (C=O) groups excluding carboxylic acids is 4. The van der Waals surface area contributed by atoms with Crippen LogP contribution in [0.1, 0.15) is 101 Å². The molecular weight excluding hydrogens is 632 g/mol. The summed E-state index contributed by atoms with van der Waals surface area (Å²) in [4.78, 5) is 53.9. The lowest BCUT2D eigenvalue weighted by molar-refractivity contribution is -0.261. The van der Waals surface area contributed by atoms with Gasteiger partial charge in [0, 0.05) is 36.5 Å². The van der Waals surface area contributed by atoms with Crippen molar-refractivity contribution in [1.29, 1.82) is 0 Å². The van der Waals surface area contributed by atoms with Gasteiger partial charge in [0.1, 0.15) is 11.4 Å². The molecule has 0 unspecified atom stereocenters. The monoisotopic (exact) mass is 688 g/mol. The molecular formula is C38H56O11. The van der Waals surface area contributed by atoms with Gasteiger partial charge in [0.2, 0.25) is 12.4 Å². The van der Waals surface area contributed by atoms with Gasteiger partial charge in [-0.1, -0.05) is 52.3 Å². The van der Waals surface area contributed by atoms with E-state index in [2.05, 4.69) is 13.0 Å². The highest BCUT2D eigenvalue weighted by Crippen LogP contribution is 2.74. The highest BCUT2D eigenvalue weighted by molar-refractivity contribution is 5.97. The Bertz CT molecular complexity index is 1450. The van der Waals surface area contributed by atoms with Gasteiger partial charge in [0.05, 0.1) is 30.0 Å². The average Bonchev–Trinajstić information content (AvgIpc) is 3.18. The zero-order valence-electron chi connectivity index (χ0n) is 30.6. The number of hydrogen-bond acceptors (Lipinski definition) is 11. The Balaban J connectivity index is 1.64. The van der Waals surface area contributed by atoms with Gasteiger partial charge in [0.15, 0.2) is 11.6 Å². The number of allylic oxidation sites excluding steroid dienone is 1. The molecule has 1 saturated heterocycles. The number of Topliss-reactive ketones (excluding diaryl/α,β-unsaturated/α-hetero) is 2. The molecule has 0 aromatic rings. The van der Waals surface area contributed by atoms with E-state index in [-0.39, 0.29) is 49.1 Å². The predicted octanol–water partition coefficient (Wildman–Crippen LogP) is 3.38. The first-order valence-electron chi connectivity index (χ1n) is 17.6. The molecule has 0 aromatic heterocycles. The average molecular weight is 689 g/mol. The van der Waals surface area contributed by atoms with E-state index in [9.17, 15) is 39.6 Å². The predicted molar refractivity (Wildman–Crippen MR) is 178 cm³/mol. The topological polar surface area (TPSA) is 177 Å². The Hall–Kier alpha value is -2.28. The molecule has 13 atom stereocenters. The van der Waals surface area contributed by atoms with Crippen LogP contribution in [-0.2, 0) is 33.4 Å². The van der Waals surface area contributed by atoms with Crippen molar-refractivity contribution in [1.82, 2.24) is 0 Å². The summed E-state index contributed by atoms with van der Waals surface area (Å²) >= 11 is 0. The summed E-state index contributed by atoms with van der Waals surface area (Å²) in [6, 6.07) is 0. The minimum absolute atomic E-state index is 0.00322. The van der Waals surface area contributed by atoms with Gasteiger partial charge in [-0.3, -0.25) is 19.2 Å². The standard InChI is InChI=1S/C38H56O11/c1-19-15-23(40)29(48-20(2)39)32(47-19)49-25-17-35(7)26-12-11-21-22(16-24(41)31(44)34(21,5)6)37(26,9)28(43)18-36(35,8)30(25)38(10,46)27(42)13-14-33(3,4)45/h11,13-14,19,22,24-26,29-32,41,44-46H,12,15-18H2,1-10H3/t19-,22+,24-,25+,26-,29-,30-,31+,32-,35-,36+,37-,38-/m0/s1. The van der Waals surface area contributed by atoms with Crippen LogP contribution < -0.4 is 0 Å². The molecule has 0 radical (unpaired) electrons. The summed E-state index contributed by atoms with van der Waals surface area (Å²) in [6.07, 6.45) is -0.558. The fourth-order valence-electron chi connectivity index (χ4n) is 10.7. The van der Waals surface area contributed by atoms with Crippen LogP contribution in [0.4, 0.5) is 0 Å². The highest BCUT2D eigenvalue weighted by atomic mass is 16.7. The summed E-state index contributed by atoms with van der Waals surface area (Å²) in [6.45, 7) is 17.1. The zero-order chi connectivity index (χ0) is 36.9. The van der Waals surface area contributed by atoms with Crippen LogP contribution in [0.25, 0.3) is 0 Å². The molecule has 11 heteroatoms. The Morgan fingerprint density at radius 3 is 2.27 bits per heavy atom.